The van der Waals surface area contributed by atoms with Crippen LogP contribution in [0.2, 0.25) is 0 Å². The van der Waals surface area contributed by atoms with Gasteiger partial charge in [0.15, 0.2) is 11.2 Å². The van der Waals surface area contributed by atoms with Crippen molar-refractivity contribution >= 4 is 22.9 Å². The number of hydrogen-bond donors (Lipinski definition) is 2. The fraction of sp³-hybridized carbons (Fsp3) is 0.188. The van der Waals surface area contributed by atoms with Crippen molar-refractivity contribution in [3.63, 3.8) is 0 Å². The van der Waals surface area contributed by atoms with Gasteiger partial charge in [-0.15, -0.1) is 0 Å². The Morgan fingerprint density at radius 1 is 1.27 bits per heavy atom. The minimum absolute atomic E-state index is 0.224. The summed E-state index contributed by atoms with van der Waals surface area (Å²) >= 11 is 0. The van der Waals surface area contributed by atoms with Crippen molar-refractivity contribution < 1.29 is 9.21 Å². The second kappa shape index (κ2) is 6.26. The highest BCUT2D eigenvalue weighted by atomic mass is 16.3. The van der Waals surface area contributed by atoms with E-state index in [1.165, 1.54) is 0 Å². The number of oxazole rings is 1. The van der Waals surface area contributed by atoms with Crippen LogP contribution in [0, 0.1) is 0 Å². The van der Waals surface area contributed by atoms with Crippen LogP contribution in [0.3, 0.4) is 0 Å². The Kier molecular flexibility index (Phi) is 4.00. The molecule has 0 unspecified atom stereocenters. The molecule has 0 fully saturated rings. The molecule has 0 atom stereocenters. The predicted molar refractivity (Wildman–Crippen MR) is 84.6 cm³/mol. The molecule has 0 saturated heterocycles. The third-order valence-corrected chi connectivity index (χ3v) is 3.07. The van der Waals surface area contributed by atoms with Gasteiger partial charge < -0.3 is 15.1 Å². The number of carbonyl (C=O) groups is 1. The van der Waals surface area contributed by atoms with Gasteiger partial charge in [0.25, 0.3) is 0 Å². The van der Waals surface area contributed by atoms with Crippen molar-refractivity contribution in [2.45, 2.75) is 13.3 Å². The minimum atomic E-state index is -0.224. The summed E-state index contributed by atoms with van der Waals surface area (Å²) in [6.45, 7) is 2.64. The zero-order chi connectivity index (χ0) is 15.4. The van der Waals surface area contributed by atoms with E-state index in [-0.39, 0.29) is 6.03 Å². The van der Waals surface area contributed by atoms with Gasteiger partial charge in [-0.3, -0.25) is 0 Å². The highest BCUT2D eigenvalue weighted by Gasteiger charge is 2.09. The van der Waals surface area contributed by atoms with E-state index in [4.69, 9.17) is 4.42 Å². The van der Waals surface area contributed by atoms with Crippen LogP contribution in [-0.2, 0) is 0 Å². The number of amides is 2. The molecular formula is C16H16N4O2. The van der Waals surface area contributed by atoms with Crippen LogP contribution in [0.5, 0.6) is 0 Å². The van der Waals surface area contributed by atoms with Gasteiger partial charge in [-0.25, -0.2) is 9.78 Å². The summed E-state index contributed by atoms with van der Waals surface area (Å²) in [6.07, 6.45) is 2.56. The van der Waals surface area contributed by atoms with Crippen LogP contribution < -0.4 is 10.6 Å². The number of nitrogens with one attached hydrogen (secondary N) is 2. The van der Waals surface area contributed by atoms with E-state index < -0.39 is 0 Å². The maximum Gasteiger partial charge on any atom is 0.319 e. The summed E-state index contributed by atoms with van der Waals surface area (Å²) in [4.78, 5) is 20.2. The molecule has 0 aliphatic rings. The number of aromatic nitrogens is 2. The smallest absolute Gasteiger partial charge is 0.319 e. The minimum Gasteiger partial charge on any atom is -0.434 e. The van der Waals surface area contributed by atoms with Crippen molar-refractivity contribution in [2.75, 3.05) is 11.9 Å². The number of anilines is 1. The molecule has 3 aromatic rings. The maximum absolute atomic E-state index is 11.7. The maximum atomic E-state index is 11.7. The first-order valence-electron chi connectivity index (χ1n) is 7.13. The number of carbonyl (C=O) groups excluding carboxylic acids is 1. The molecule has 2 amide bonds. The molecule has 22 heavy (non-hydrogen) atoms. The summed E-state index contributed by atoms with van der Waals surface area (Å²) in [7, 11) is 0. The van der Waals surface area contributed by atoms with Gasteiger partial charge in [0, 0.05) is 24.0 Å². The monoisotopic (exact) mass is 296 g/mol. The SMILES string of the molecule is CCCNC(=O)Nc1cccc(-c2nc3ncccc3o2)c1. The quantitative estimate of drug-likeness (QED) is 0.773. The van der Waals surface area contributed by atoms with Crippen molar-refractivity contribution in [1.82, 2.24) is 15.3 Å². The van der Waals surface area contributed by atoms with Crippen LogP contribution >= 0.6 is 0 Å². The summed E-state index contributed by atoms with van der Waals surface area (Å²) in [5, 5.41) is 5.55. The fourth-order valence-electron chi connectivity index (χ4n) is 2.04. The summed E-state index contributed by atoms with van der Waals surface area (Å²) in [6, 6.07) is 10.7. The first kappa shape index (κ1) is 14.1. The van der Waals surface area contributed by atoms with E-state index in [0.29, 0.717) is 29.4 Å². The Labute approximate surface area is 127 Å². The molecule has 112 valence electrons. The van der Waals surface area contributed by atoms with E-state index >= 15 is 0 Å². The van der Waals surface area contributed by atoms with Crippen LogP contribution in [0.25, 0.3) is 22.7 Å². The molecule has 0 aliphatic carbocycles. The first-order chi connectivity index (χ1) is 10.8. The highest BCUT2D eigenvalue weighted by molar-refractivity contribution is 5.90. The largest absolute Gasteiger partial charge is 0.434 e. The molecule has 3 rings (SSSR count). The van der Waals surface area contributed by atoms with Crippen molar-refractivity contribution in [1.29, 1.82) is 0 Å². The zero-order valence-corrected chi connectivity index (χ0v) is 12.2. The summed E-state index contributed by atoms with van der Waals surface area (Å²) in [5.41, 5.74) is 2.67. The number of hydrogen-bond acceptors (Lipinski definition) is 4. The third-order valence-electron chi connectivity index (χ3n) is 3.07. The summed E-state index contributed by atoms with van der Waals surface area (Å²) in [5.74, 6) is 0.478. The average molecular weight is 296 g/mol. The Morgan fingerprint density at radius 2 is 2.18 bits per heavy atom. The van der Waals surface area contributed by atoms with Gasteiger partial charge in [-0.05, 0) is 36.8 Å². The average Bonchev–Trinajstić information content (AvgIpc) is 2.97. The molecule has 0 saturated carbocycles. The fourth-order valence-corrected chi connectivity index (χ4v) is 2.04. The second-order valence-electron chi connectivity index (χ2n) is 4.81. The zero-order valence-electron chi connectivity index (χ0n) is 12.2. The number of urea groups is 1. The lowest BCUT2D eigenvalue weighted by Gasteiger charge is -2.07. The molecule has 2 aromatic heterocycles. The van der Waals surface area contributed by atoms with E-state index in [2.05, 4.69) is 20.6 Å². The van der Waals surface area contributed by atoms with Crippen LogP contribution in [0.15, 0.2) is 47.0 Å². The number of rotatable bonds is 4. The standard InChI is InChI=1S/C16H16N4O2/c1-2-8-18-16(21)19-12-6-3-5-11(10-12)15-20-14-13(22-15)7-4-9-17-14/h3-7,9-10H,2,8H2,1H3,(H2,18,19,21). The van der Waals surface area contributed by atoms with Crippen molar-refractivity contribution in [2.24, 2.45) is 0 Å². The van der Waals surface area contributed by atoms with Gasteiger partial charge in [-0.2, -0.15) is 4.98 Å². The Bertz CT molecular complexity index is 764. The van der Waals surface area contributed by atoms with E-state index in [9.17, 15) is 4.79 Å². The Balaban J connectivity index is 1.82. The van der Waals surface area contributed by atoms with Gasteiger partial charge in [0.05, 0.1) is 0 Å². The molecule has 0 spiro atoms. The lowest BCUT2D eigenvalue weighted by atomic mass is 10.2. The number of nitrogens with zero attached hydrogens (tertiary/aromatic N) is 2. The number of fused-ring (bicyclic) bond motifs is 1. The van der Waals surface area contributed by atoms with Crippen molar-refractivity contribution in [3.05, 3.63) is 42.6 Å². The lowest BCUT2D eigenvalue weighted by Crippen LogP contribution is -2.29. The topological polar surface area (TPSA) is 80.0 Å². The third kappa shape index (κ3) is 3.06. The highest BCUT2D eigenvalue weighted by Crippen LogP contribution is 2.25. The van der Waals surface area contributed by atoms with Gasteiger partial charge >= 0.3 is 6.03 Å². The van der Waals surface area contributed by atoms with Crippen LogP contribution in [0.4, 0.5) is 10.5 Å². The summed E-state index contributed by atoms with van der Waals surface area (Å²) < 4.78 is 5.68. The van der Waals surface area contributed by atoms with Crippen LogP contribution in [0.1, 0.15) is 13.3 Å². The molecule has 2 heterocycles. The van der Waals surface area contributed by atoms with Crippen LogP contribution in [-0.4, -0.2) is 22.5 Å². The molecule has 6 nitrogen and oxygen atoms in total. The number of pyridine rings is 1. The van der Waals surface area contributed by atoms with E-state index in [1.54, 1.807) is 12.3 Å². The normalized spacial score (nSPS) is 10.6. The Morgan fingerprint density at radius 3 is 3.00 bits per heavy atom. The molecule has 2 N–H and O–H groups in total. The molecule has 1 aromatic carbocycles. The predicted octanol–water partition coefficient (Wildman–Crippen LogP) is 3.42. The second-order valence-corrected chi connectivity index (χ2v) is 4.81. The van der Waals surface area contributed by atoms with E-state index in [0.717, 1.165) is 12.0 Å². The Hall–Kier alpha value is -2.89. The van der Waals surface area contributed by atoms with Gasteiger partial charge in [-0.1, -0.05) is 13.0 Å². The van der Waals surface area contributed by atoms with Gasteiger partial charge in [0.1, 0.15) is 0 Å². The number of benzene rings is 1. The van der Waals surface area contributed by atoms with Crippen molar-refractivity contribution in [3.8, 4) is 11.5 Å². The molecule has 6 heteroatoms. The van der Waals surface area contributed by atoms with E-state index in [1.807, 2.05) is 37.3 Å². The molecule has 0 radical (unpaired) electrons. The molecule has 0 aliphatic heterocycles. The first-order valence-corrected chi connectivity index (χ1v) is 7.13. The molecule has 0 bridgehead atoms. The molecular weight excluding hydrogens is 280 g/mol. The lowest BCUT2D eigenvalue weighted by molar-refractivity contribution is 0.252. The van der Waals surface area contributed by atoms with Gasteiger partial charge in [0.2, 0.25) is 5.89 Å².